The standard InChI is InChI=1S/C17H17N3O6S2/c1-2-25-15(21)7-8-20-12-6-5-11(28(18,23)24)10-14(12)27-17(20)19-16(22)13-4-3-9-26-13/h3-6,9-10H,2,7-8H2,1H3,(H2,18,23,24). The van der Waals surface area contributed by atoms with Crippen LogP contribution in [0.15, 0.2) is 50.9 Å². The Labute approximate surface area is 164 Å². The number of benzene rings is 1. The minimum atomic E-state index is -3.88. The Hall–Kier alpha value is -2.76. The summed E-state index contributed by atoms with van der Waals surface area (Å²) >= 11 is 1.11. The Morgan fingerprint density at radius 2 is 2.11 bits per heavy atom. The minimum absolute atomic E-state index is 0.0531. The zero-order valence-electron chi connectivity index (χ0n) is 14.8. The molecule has 0 unspecified atom stereocenters. The monoisotopic (exact) mass is 423 g/mol. The van der Waals surface area contributed by atoms with Gasteiger partial charge in [-0.05, 0) is 37.3 Å². The van der Waals surface area contributed by atoms with Crippen molar-refractivity contribution in [2.45, 2.75) is 24.8 Å². The summed E-state index contributed by atoms with van der Waals surface area (Å²) in [5, 5.41) is 5.19. The number of esters is 1. The molecule has 0 atom stereocenters. The highest BCUT2D eigenvalue weighted by molar-refractivity contribution is 7.89. The zero-order chi connectivity index (χ0) is 20.3. The molecule has 2 aromatic heterocycles. The number of fused-ring (bicyclic) bond motifs is 1. The fourth-order valence-electron chi connectivity index (χ4n) is 2.51. The topological polar surface area (TPSA) is 134 Å². The summed E-state index contributed by atoms with van der Waals surface area (Å²) in [5.74, 6) is -0.911. The summed E-state index contributed by atoms with van der Waals surface area (Å²) in [6.45, 7) is 2.18. The van der Waals surface area contributed by atoms with E-state index in [1.165, 1.54) is 24.5 Å². The van der Waals surface area contributed by atoms with Gasteiger partial charge in [-0.3, -0.25) is 9.59 Å². The average Bonchev–Trinajstić information content (AvgIpc) is 3.27. The van der Waals surface area contributed by atoms with Gasteiger partial charge in [-0.15, -0.1) is 0 Å². The molecule has 0 spiro atoms. The molecular formula is C17H17N3O6S2. The largest absolute Gasteiger partial charge is 0.466 e. The van der Waals surface area contributed by atoms with Crippen molar-refractivity contribution in [2.24, 2.45) is 10.1 Å². The van der Waals surface area contributed by atoms with E-state index in [4.69, 9.17) is 14.3 Å². The number of nitrogens with two attached hydrogens (primary N) is 1. The Kier molecular flexibility index (Phi) is 5.77. The van der Waals surface area contributed by atoms with E-state index >= 15 is 0 Å². The van der Waals surface area contributed by atoms with E-state index in [0.29, 0.717) is 15.0 Å². The Bertz CT molecular complexity index is 1190. The van der Waals surface area contributed by atoms with Gasteiger partial charge >= 0.3 is 11.9 Å². The quantitative estimate of drug-likeness (QED) is 0.599. The van der Waals surface area contributed by atoms with Crippen molar-refractivity contribution in [3.8, 4) is 0 Å². The van der Waals surface area contributed by atoms with Crippen LogP contribution in [-0.4, -0.2) is 31.5 Å². The van der Waals surface area contributed by atoms with Gasteiger partial charge in [0.05, 0.1) is 34.4 Å². The number of carbonyl (C=O) groups excluding carboxylic acids is 2. The second-order valence-electron chi connectivity index (χ2n) is 5.66. The van der Waals surface area contributed by atoms with Crippen LogP contribution in [0.25, 0.3) is 10.2 Å². The van der Waals surface area contributed by atoms with Crippen molar-refractivity contribution in [2.75, 3.05) is 6.61 Å². The number of rotatable bonds is 6. The third kappa shape index (κ3) is 4.38. The Morgan fingerprint density at radius 3 is 2.75 bits per heavy atom. The number of sulfonamides is 1. The molecule has 0 saturated carbocycles. The summed E-state index contributed by atoms with van der Waals surface area (Å²) in [6.07, 6.45) is 1.43. The third-order valence-electron chi connectivity index (χ3n) is 3.76. The van der Waals surface area contributed by atoms with E-state index in [1.54, 1.807) is 23.6 Å². The number of furan rings is 1. The lowest BCUT2D eigenvalue weighted by Crippen LogP contribution is -2.19. The molecule has 3 aromatic rings. The molecule has 0 radical (unpaired) electrons. The van der Waals surface area contributed by atoms with Gasteiger partial charge < -0.3 is 13.7 Å². The molecule has 28 heavy (non-hydrogen) atoms. The highest BCUT2D eigenvalue weighted by Crippen LogP contribution is 2.22. The van der Waals surface area contributed by atoms with Crippen molar-refractivity contribution in [3.63, 3.8) is 0 Å². The number of carbonyl (C=O) groups is 2. The normalized spacial score (nSPS) is 12.4. The van der Waals surface area contributed by atoms with Gasteiger partial charge in [0, 0.05) is 6.54 Å². The van der Waals surface area contributed by atoms with E-state index in [9.17, 15) is 18.0 Å². The third-order valence-corrected chi connectivity index (χ3v) is 5.71. The van der Waals surface area contributed by atoms with Gasteiger partial charge in [0.2, 0.25) is 10.0 Å². The highest BCUT2D eigenvalue weighted by atomic mass is 32.2. The number of hydrogen-bond donors (Lipinski definition) is 1. The molecular weight excluding hydrogens is 406 g/mol. The van der Waals surface area contributed by atoms with Crippen LogP contribution in [0.5, 0.6) is 0 Å². The lowest BCUT2D eigenvalue weighted by Gasteiger charge is -2.06. The molecule has 0 bridgehead atoms. The van der Waals surface area contributed by atoms with Crippen LogP contribution in [-0.2, 0) is 26.1 Å². The first kappa shape index (κ1) is 20.0. The number of hydrogen-bond acceptors (Lipinski definition) is 7. The molecule has 2 heterocycles. The van der Waals surface area contributed by atoms with Crippen LogP contribution >= 0.6 is 11.3 Å². The van der Waals surface area contributed by atoms with Gasteiger partial charge in [-0.1, -0.05) is 11.3 Å². The molecule has 3 rings (SSSR count). The maximum Gasteiger partial charge on any atom is 0.315 e. The highest BCUT2D eigenvalue weighted by Gasteiger charge is 2.15. The van der Waals surface area contributed by atoms with Crippen LogP contribution in [0.1, 0.15) is 23.9 Å². The molecule has 11 heteroatoms. The van der Waals surface area contributed by atoms with Crippen LogP contribution in [0.4, 0.5) is 0 Å². The van der Waals surface area contributed by atoms with Crippen molar-refractivity contribution in [3.05, 3.63) is 47.2 Å². The number of ether oxygens (including phenoxy) is 1. The minimum Gasteiger partial charge on any atom is -0.466 e. The molecule has 0 aliphatic rings. The fourth-order valence-corrected chi connectivity index (χ4v) is 4.22. The first-order chi connectivity index (χ1) is 13.3. The Morgan fingerprint density at radius 1 is 1.32 bits per heavy atom. The van der Waals surface area contributed by atoms with E-state index in [-0.39, 0.29) is 36.2 Å². The van der Waals surface area contributed by atoms with Crippen LogP contribution in [0.3, 0.4) is 0 Å². The maximum atomic E-state index is 12.3. The predicted octanol–water partition coefficient (Wildman–Crippen LogP) is 1.64. The molecule has 2 N–H and O–H groups in total. The van der Waals surface area contributed by atoms with Crippen LogP contribution < -0.4 is 9.94 Å². The second kappa shape index (κ2) is 8.09. The van der Waals surface area contributed by atoms with E-state index < -0.39 is 15.9 Å². The number of amides is 1. The van der Waals surface area contributed by atoms with Gasteiger partial charge in [0.1, 0.15) is 0 Å². The number of thiazole rings is 1. The summed E-state index contributed by atoms with van der Waals surface area (Å²) in [5.41, 5.74) is 0.618. The number of aromatic nitrogens is 1. The van der Waals surface area contributed by atoms with Gasteiger partial charge in [0.25, 0.3) is 0 Å². The summed E-state index contributed by atoms with van der Waals surface area (Å²) in [6, 6.07) is 7.39. The van der Waals surface area contributed by atoms with Crippen molar-refractivity contribution >= 4 is 43.5 Å². The smallest absolute Gasteiger partial charge is 0.315 e. The van der Waals surface area contributed by atoms with Crippen molar-refractivity contribution < 1.29 is 27.2 Å². The SMILES string of the molecule is CCOC(=O)CCn1c(=NC(=O)c2ccco2)sc2cc(S(N)(=O)=O)ccc21. The summed E-state index contributed by atoms with van der Waals surface area (Å²) in [7, 11) is -3.88. The number of aryl methyl sites for hydroxylation is 1. The van der Waals surface area contributed by atoms with E-state index in [0.717, 1.165) is 11.3 Å². The zero-order valence-corrected chi connectivity index (χ0v) is 16.5. The average molecular weight is 423 g/mol. The summed E-state index contributed by atoms with van der Waals surface area (Å²) < 4.78 is 35.4. The first-order valence-electron chi connectivity index (χ1n) is 8.24. The van der Waals surface area contributed by atoms with Crippen molar-refractivity contribution in [1.29, 1.82) is 0 Å². The van der Waals surface area contributed by atoms with Gasteiger partial charge in [-0.25, -0.2) is 13.6 Å². The molecule has 0 saturated heterocycles. The summed E-state index contributed by atoms with van der Waals surface area (Å²) in [4.78, 5) is 28.4. The molecule has 148 valence electrons. The predicted molar refractivity (Wildman–Crippen MR) is 101 cm³/mol. The molecule has 0 fully saturated rings. The lowest BCUT2D eigenvalue weighted by atomic mass is 10.3. The second-order valence-corrected chi connectivity index (χ2v) is 8.23. The van der Waals surface area contributed by atoms with Crippen molar-refractivity contribution in [1.82, 2.24) is 4.57 Å². The van der Waals surface area contributed by atoms with Gasteiger partial charge in [-0.2, -0.15) is 4.99 Å². The first-order valence-corrected chi connectivity index (χ1v) is 10.6. The molecule has 9 nitrogen and oxygen atoms in total. The molecule has 1 aromatic carbocycles. The number of nitrogens with zero attached hydrogens (tertiary/aromatic N) is 2. The molecule has 0 aliphatic heterocycles. The van der Waals surface area contributed by atoms with Crippen LogP contribution in [0, 0.1) is 0 Å². The van der Waals surface area contributed by atoms with E-state index in [2.05, 4.69) is 4.99 Å². The van der Waals surface area contributed by atoms with Gasteiger partial charge in [0.15, 0.2) is 10.6 Å². The lowest BCUT2D eigenvalue weighted by molar-refractivity contribution is -0.143. The Balaban J connectivity index is 2.10. The van der Waals surface area contributed by atoms with Crippen LogP contribution in [0.2, 0.25) is 0 Å². The maximum absolute atomic E-state index is 12.3. The van der Waals surface area contributed by atoms with E-state index in [1.807, 2.05) is 0 Å². The fraction of sp³-hybridized carbons (Fsp3) is 0.235. The molecule has 0 aliphatic carbocycles. The molecule has 1 amide bonds. The number of primary sulfonamides is 1.